The first kappa shape index (κ1) is 18.7. The lowest BCUT2D eigenvalue weighted by Gasteiger charge is -2.27. The van der Waals surface area contributed by atoms with E-state index >= 15 is 0 Å². The molecular formula is C16H27Br2NS. The molecule has 0 radical (unpaired) electrons. The van der Waals surface area contributed by atoms with E-state index in [-0.39, 0.29) is 0 Å². The van der Waals surface area contributed by atoms with Gasteiger partial charge < -0.3 is 5.32 Å². The van der Waals surface area contributed by atoms with Crippen molar-refractivity contribution < 1.29 is 0 Å². The first-order valence-electron chi connectivity index (χ1n) is 7.41. The van der Waals surface area contributed by atoms with Crippen molar-refractivity contribution in [2.45, 2.75) is 59.9 Å². The summed E-state index contributed by atoms with van der Waals surface area (Å²) in [5.41, 5.74) is 1.80. The zero-order valence-electron chi connectivity index (χ0n) is 13.2. The second kappa shape index (κ2) is 8.30. The summed E-state index contributed by atoms with van der Waals surface area (Å²) in [4.78, 5) is 0. The van der Waals surface area contributed by atoms with Gasteiger partial charge in [-0.15, -0.1) is 11.3 Å². The van der Waals surface area contributed by atoms with Gasteiger partial charge in [-0.2, -0.15) is 0 Å². The third-order valence-corrected chi connectivity index (χ3v) is 5.68. The van der Waals surface area contributed by atoms with Crippen molar-refractivity contribution in [3.8, 4) is 0 Å². The Kier molecular flexibility index (Phi) is 7.75. The van der Waals surface area contributed by atoms with Gasteiger partial charge in [0.15, 0.2) is 0 Å². The summed E-state index contributed by atoms with van der Waals surface area (Å²) >= 11 is 9.07. The maximum atomic E-state index is 3.71. The van der Waals surface area contributed by atoms with Crippen LogP contribution in [0.25, 0.3) is 0 Å². The van der Waals surface area contributed by atoms with Crippen molar-refractivity contribution in [1.82, 2.24) is 5.32 Å². The zero-order chi connectivity index (χ0) is 15.3. The van der Waals surface area contributed by atoms with Gasteiger partial charge in [0.25, 0.3) is 0 Å². The number of nitrogens with one attached hydrogen (secondary N) is 1. The van der Waals surface area contributed by atoms with Crippen LogP contribution in [-0.4, -0.2) is 6.54 Å². The quantitative estimate of drug-likeness (QED) is 0.508. The minimum absolute atomic E-state index is 0.404. The highest BCUT2D eigenvalue weighted by atomic mass is 79.9. The van der Waals surface area contributed by atoms with Crippen molar-refractivity contribution in [2.24, 2.45) is 11.3 Å². The zero-order valence-corrected chi connectivity index (χ0v) is 17.2. The second-order valence-electron chi connectivity index (χ2n) is 6.89. The number of hydrogen-bond acceptors (Lipinski definition) is 2. The highest BCUT2D eigenvalue weighted by Gasteiger charge is 2.22. The van der Waals surface area contributed by atoms with E-state index in [9.17, 15) is 0 Å². The molecule has 0 fully saturated rings. The van der Waals surface area contributed by atoms with Gasteiger partial charge in [0.2, 0.25) is 0 Å². The molecule has 0 aliphatic rings. The van der Waals surface area contributed by atoms with Crippen LogP contribution >= 0.6 is 43.2 Å². The Morgan fingerprint density at radius 2 is 1.95 bits per heavy atom. The van der Waals surface area contributed by atoms with Crippen LogP contribution < -0.4 is 5.32 Å². The van der Waals surface area contributed by atoms with Crippen LogP contribution in [0.4, 0.5) is 0 Å². The predicted octanol–water partition coefficient (Wildman–Crippen LogP) is 6.78. The fraction of sp³-hybridized carbons (Fsp3) is 0.750. The van der Waals surface area contributed by atoms with Crippen LogP contribution in [0, 0.1) is 11.3 Å². The van der Waals surface area contributed by atoms with Crippen LogP contribution in [0.5, 0.6) is 0 Å². The SMILES string of the molecule is CCCNC(CC(C)CC(C)(C)C)c1cc(Br)sc1Br. The van der Waals surface area contributed by atoms with E-state index in [1.807, 2.05) is 0 Å². The normalized spacial score (nSPS) is 15.3. The Morgan fingerprint density at radius 3 is 2.40 bits per heavy atom. The lowest BCUT2D eigenvalue weighted by molar-refractivity contribution is 0.275. The number of rotatable bonds is 7. The fourth-order valence-corrected chi connectivity index (χ4v) is 5.73. The van der Waals surface area contributed by atoms with E-state index in [0.29, 0.717) is 11.5 Å². The Hall–Kier alpha value is 0.620. The number of hydrogen-bond donors (Lipinski definition) is 1. The van der Waals surface area contributed by atoms with E-state index < -0.39 is 0 Å². The van der Waals surface area contributed by atoms with Crippen LogP contribution in [0.2, 0.25) is 0 Å². The smallest absolute Gasteiger partial charge is 0.0758 e. The van der Waals surface area contributed by atoms with Gasteiger partial charge in [-0.05, 0) is 80.6 Å². The molecule has 1 aromatic heterocycles. The predicted molar refractivity (Wildman–Crippen MR) is 98.6 cm³/mol. The van der Waals surface area contributed by atoms with Gasteiger partial charge in [0, 0.05) is 6.04 Å². The number of thiophene rings is 1. The Bertz CT molecular complexity index is 409. The van der Waals surface area contributed by atoms with E-state index in [1.54, 1.807) is 11.3 Å². The number of halogens is 2. The molecule has 0 saturated carbocycles. The molecule has 0 spiro atoms. The Labute approximate surface area is 145 Å². The first-order chi connectivity index (χ1) is 9.23. The highest BCUT2D eigenvalue weighted by molar-refractivity contribution is 9.12. The molecule has 2 atom stereocenters. The van der Waals surface area contributed by atoms with Gasteiger partial charge in [-0.3, -0.25) is 0 Å². The maximum Gasteiger partial charge on any atom is 0.0758 e. The first-order valence-corrected chi connectivity index (χ1v) is 9.81. The molecule has 116 valence electrons. The molecule has 1 nitrogen and oxygen atoms in total. The minimum atomic E-state index is 0.404. The molecular weight excluding hydrogens is 398 g/mol. The fourth-order valence-electron chi connectivity index (χ4n) is 2.76. The van der Waals surface area contributed by atoms with Crippen molar-refractivity contribution in [3.05, 3.63) is 19.2 Å². The molecule has 1 heterocycles. The summed E-state index contributed by atoms with van der Waals surface area (Å²) in [5, 5.41) is 3.71. The summed E-state index contributed by atoms with van der Waals surface area (Å²) in [6, 6.07) is 2.70. The van der Waals surface area contributed by atoms with Crippen LogP contribution in [0.3, 0.4) is 0 Å². The summed E-state index contributed by atoms with van der Waals surface area (Å²) in [6.45, 7) is 12.7. The largest absolute Gasteiger partial charge is 0.310 e. The maximum absolute atomic E-state index is 3.71. The molecule has 0 aliphatic heterocycles. The molecule has 2 unspecified atom stereocenters. The van der Waals surface area contributed by atoms with Crippen molar-refractivity contribution >= 4 is 43.2 Å². The molecule has 1 aromatic rings. The molecule has 1 rings (SSSR count). The second-order valence-corrected chi connectivity index (χ2v) is 10.6. The topological polar surface area (TPSA) is 12.0 Å². The molecule has 0 aromatic carbocycles. The van der Waals surface area contributed by atoms with Gasteiger partial charge in [0.05, 0.1) is 7.57 Å². The highest BCUT2D eigenvalue weighted by Crippen LogP contribution is 2.39. The summed E-state index contributed by atoms with van der Waals surface area (Å²) in [7, 11) is 0. The molecule has 0 saturated heterocycles. The molecule has 0 aliphatic carbocycles. The molecule has 20 heavy (non-hydrogen) atoms. The van der Waals surface area contributed by atoms with Crippen molar-refractivity contribution in [2.75, 3.05) is 6.54 Å². The molecule has 1 N–H and O–H groups in total. The van der Waals surface area contributed by atoms with Crippen LogP contribution in [0.1, 0.15) is 65.5 Å². The van der Waals surface area contributed by atoms with Gasteiger partial charge in [0.1, 0.15) is 0 Å². The van der Waals surface area contributed by atoms with Crippen LogP contribution in [-0.2, 0) is 0 Å². The van der Waals surface area contributed by atoms with Crippen molar-refractivity contribution in [1.29, 1.82) is 0 Å². The monoisotopic (exact) mass is 423 g/mol. The van der Waals surface area contributed by atoms with Crippen LogP contribution in [0.15, 0.2) is 13.6 Å². The molecule has 0 amide bonds. The average molecular weight is 425 g/mol. The van der Waals surface area contributed by atoms with E-state index in [2.05, 4.69) is 77.9 Å². The van der Waals surface area contributed by atoms with Gasteiger partial charge in [-0.1, -0.05) is 34.6 Å². The van der Waals surface area contributed by atoms with Gasteiger partial charge in [-0.25, -0.2) is 0 Å². The average Bonchev–Trinajstić information content (AvgIpc) is 2.61. The molecule has 4 heteroatoms. The molecule has 0 bridgehead atoms. The lowest BCUT2D eigenvalue weighted by Crippen LogP contribution is -2.25. The van der Waals surface area contributed by atoms with E-state index in [4.69, 9.17) is 0 Å². The Balaban J connectivity index is 2.77. The van der Waals surface area contributed by atoms with Gasteiger partial charge >= 0.3 is 0 Å². The van der Waals surface area contributed by atoms with Crippen molar-refractivity contribution in [3.63, 3.8) is 0 Å². The minimum Gasteiger partial charge on any atom is -0.310 e. The summed E-state index contributed by atoms with van der Waals surface area (Å²) in [6.07, 6.45) is 3.63. The lowest BCUT2D eigenvalue weighted by atomic mass is 9.82. The van der Waals surface area contributed by atoms with E-state index in [0.717, 1.165) is 12.5 Å². The van der Waals surface area contributed by atoms with E-state index in [1.165, 1.54) is 32.4 Å². The summed E-state index contributed by atoms with van der Waals surface area (Å²) < 4.78 is 2.45. The standard InChI is InChI=1S/C16H27Br2NS/c1-6-7-19-13(8-11(2)10-16(3,4)5)12-9-14(17)20-15(12)18/h9,11,13,19H,6-8,10H2,1-5H3. The third-order valence-electron chi connectivity index (χ3n) is 3.30. The summed E-state index contributed by atoms with van der Waals surface area (Å²) in [5.74, 6) is 0.718. The Morgan fingerprint density at radius 1 is 1.30 bits per heavy atom. The third kappa shape index (κ3) is 6.59.